The Morgan fingerprint density at radius 2 is 1.87 bits per heavy atom. The van der Waals surface area contributed by atoms with Crippen LogP contribution in [0, 0.1) is 6.92 Å². The maximum Gasteiger partial charge on any atom is 0.243 e. The quantitative estimate of drug-likeness (QED) is 0.867. The van der Waals surface area contributed by atoms with Crippen LogP contribution in [0.25, 0.3) is 0 Å². The molecule has 0 heterocycles. The summed E-state index contributed by atoms with van der Waals surface area (Å²) in [6.45, 7) is 4.03. The Labute approximate surface area is 143 Å². The third-order valence-electron chi connectivity index (χ3n) is 4.14. The number of likely N-dealkylation sites (N-methyl/N-ethyl adjacent to an activating group) is 1. The molecule has 1 aromatic rings. The van der Waals surface area contributed by atoms with E-state index in [0.717, 1.165) is 11.3 Å². The Balaban J connectivity index is 1.79. The number of carbonyl (C=O) groups is 2. The van der Waals surface area contributed by atoms with E-state index < -0.39 is 0 Å². The zero-order valence-corrected chi connectivity index (χ0v) is 15.0. The number of hydrogen-bond acceptors (Lipinski definition) is 3. The summed E-state index contributed by atoms with van der Waals surface area (Å²) < 4.78 is 0. The first-order valence-corrected chi connectivity index (χ1v) is 9.17. The van der Waals surface area contributed by atoms with Gasteiger partial charge in [-0.15, -0.1) is 11.8 Å². The summed E-state index contributed by atoms with van der Waals surface area (Å²) in [5.74, 6) is -0.135. The highest BCUT2D eigenvalue weighted by Crippen LogP contribution is 2.32. The molecule has 5 heteroatoms. The average molecular weight is 334 g/mol. The average Bonchev–Trinajstić information content (AvgIpc) is 3.01. The SMILES string of the molecule is Cc1ccc(NC(=O)CN(C)C(=O)[C@H](C)SC2CCCC2)cc1. The number of hydrogen-bond donors (Lipinski definition) is 1. The van der Waals surface area contributed by atoms with Crippen molar-refractivity contribution in [3.8, 4) is 0 Å². The van der Waals surface area contributed by atoms with Crippen LogP contribution in [0.5, 0.6) is 0 Å². The van der Waals surface area contributed by atoms with Gasteiger partial charge in [0.25, 0.3) is 0 Å². The van der Waals surface area contributed by atoms with Crippen molar-refractivity contribution in [3.63, 3.8) is 0 Å². The molecule has 1 saturated carbocycles. The van der Waals surface area contributed by atoms with Gasteiger partial charge in [0.15, 0.2) is 0 Å². The van der Waals surface area contributed by atoms with Gasteiger partial charge in [0.1, 0.15) is 0 Å². The van der Waals surface area contributed by atoms with Crippen molar-refractivity contribution < 1.29 is 9.59 Å². The first-order valence-electron chi connectivity index (χ1n) is 8.22. The molecule has 126 valence electrons. The highest BCUT2D eigenvalue weighted by atomic mass is 32.2. The Bertz CT molecular complexity index is 538. The third kappa shape index (κ3) is 5.57. The number of rotatable bonds is 6. The van der Waals surface area contributed by atoms with E-state index in [1.165, 1.54) is 30.6 Å². The summed E-state index contributed by atoms with van der Waals surface area (Å²) in [5.41, 5.74) is 1.91. The summed E-state index contributed by atoms with van der Waals surface area (Å²) >= 11 is 1.75. The van der Waals surface area contributed by atoms with E-state index >= 15 is 0 Å². The smallest absolute Gasteiger partial charge is 0.243 e. The van der Waals surface area contributed by atoms with Crippen molar-refractivity contribution in [2.24, 2.45) is 0 Å². The molecular formula is C18H26N2O2S. The van der Waals surface area contributed by atoms with Gasteiger partial charge in [0.2, 0.25) is 11.8 Å². The molecule has 0 saturated heterocycles. The van der Waals surface area contributed by atoms with Gasteiger partial charge in [0.05, 0.1) is 11.8 Å². The molecule has 2 rings (SSSR count). The van der Waals surface area contributed by atoms with E-state index in [4.69, 9.17) is 0 Å². The van der Waals surface area contributed by atoms with E-state index in [1.807, 2.05) is 38.1 Å². The standard InChI is InChI=1S/C18H26N2O2S/c1-13-8-10-15(11-9-13)19-17(21)12-20(3)18(22)14(2)23-16-6-4-5-7-16/h8-11,14,16H,4-7,12H2,1-3H3,(H,19,21)/t14-/m0/s1. The van der Waals surface area contributed by atoms with Crippen LogP contribution in [-0.4, -0.2) is 40.8 Å². The van der Waals surface area contributed by atoms with Crippen molar-refractivity contribution in [1.82, 2.24) is 4.90 Å². The van der Waals surface area contributed by atoms with Crippen LogP contribution in [0.15, 0.2) is 24.3 Å². The Hall–Kier alpha value is -1.49. The molecule has 4 nitrogen and oxygen atoms in total. The molecule has 2 amide bonds. The second-order valence-corrected chi connectivity index (χ2v) is 7.94. The largest absolute Gasteiger partial charge is 0.335 e. The minimum atomic E-state index is -0.164. The van der Waals surface area contributed by atoms with Gasteiger partial charge < -0.3 is 10.2 Å². The molecule has 1 aromatic carbocycles. The molecule has 0 aliphatic heterocycles. The number of amides is 2. The summed E-state index contributed by atoms with van der Waals surface area (Å²) in [4.78, 5) is 26.0. The minimum Gasteiger partial charge on any atom is -0.335 e. The Kier molecular flexibility index (Phi) is 6.51. The Morgan fingerprint density at radius 1 is 1.26 bits per heavy atom. The number of nitrogens with zero attached hydrogens (tertiary/aromatic N) is 1. The zero-order chi connectivity index (χ0) is 16.8. The number of aryl methyl sites for hydroxylation is 1. The molecule has 0 spiro atoms. The first-order chi connectivity index (χ1) is 11.0. The van der Waals surface area contributed by atoms with Gasteiger partial charge in [-0.25, -0.2) is 0 Å². The van der Waals surface area contributed by atoms with Crippen LogP contribution in [0.1, 0.15) is 38.2 Å². The van der Waals surface area contributed by atoms with Crippen molar-refractivity contribution >= 4 is 29.3 Å². The topological polar surface area (TPSA) is 49.4 Å². The van der Waals surface area contributed by atoms with Crippen LogP contribution in [0.3, 0.4) is 0 Å². The van der Waals surface area contributed by atoms with Gasteiger partial charge in [-0.05, 0) is 38.8 Å². The lowest BCUT2D eigenvalue weighted by molar-refractivity contribution is -0.132. The molecule has 23 heavy (non-hydrogen) atoms. The highest BCUT2D eigenvalue weighted by Gasteiger charge is 2.25. The van der Waals surface area contributed by atoms with E-state index in [1.54, 1.807) is 18.8 Å². The first kappa shape index (κ1) is 17.9. The van der Waals surface area contributed by atoms with Gasteiger partial charge in [0, 0.05) is 18.0 Å². The predicted molar refractivity (Wildman–Crippen MR) is 96.8 cm³/mol. The second-order valence-electron chi connectivity index (χ2n) is 6.29. The van der Waals surface area contributed by atoms with Crippen molar-refractivity contribution in [2.75, 3.05) is 18.9 Å². The summed E-state index contributed by atoms with van der Waals surface area (Å²) in [6.07, 6.45) is 4.96. The van der Waals surface area contributed by atoms with Crippen LogP contribution in [0.4, 0.5) is 5.69 Å². The van der Waals surface area contributed by atoms with Crippen LogP contribution >= 0.6 is 11.8 Å². The number of anilines is 1. The normalized spacial score (nSPS) is 16.1. The molecule has 0 bridgehead atoms. The van der Waals surface area contributed by atoms with Crippen LogP contribution in [0.2, 0.25) is 0 Å². The Morgan fingerprint density at radius 3 is 2.48 bits per heavy atom. The summed E-state index contributed by atoms with van der Waals surface area (Å²) in [5, 5.41) is 3.34. The van der Waals surface area contributed by atoms with E-state index in [-0.39, 0.29) is 23.6 Å². The zero-order valence-electron chi connectivity index (χ0n) is 14.2. The fourth-order valence-corrected chi connectivity index (χ4v) is 4.29. The van der Waals surface area contributed by atoms with Crippen molar-refractivity contribution in [1.29, 1.82) is 0 Å². The molecule has 0 unspecified atom stereocenters. The molecule has 0 aromatic heterocycles. The molecule has 1 fully saturated rings. The molecule has 1 atom stereocenters. The summed E-state index contributed by atoms with van der Waals surface area (Å²) in [7, 11) is 1.70. The van der Waals surface area contributed by atoms with Crippen molar-refractivity contribution in [3.05, 3.63) is 29.8 Å². The molecule has 1 N–H and O–H groups in total. The van der Waals surface area contributed by atoms with Gasteiger partial charge in [-0.3, -0.25) is 9.59 Å². The van der Waals surface area contributed by atoms with E-state index in [0.29, 0.717) is 5.25 Å². The second kappa shape index (κ2) is 8.39. The van der Waals surface area contributed by atoms with E-state index in [2.05, 4.69) is 5.32 Å². The van der Waals surface area contributed by atoms with Crippen molar-refractivity contribution in [2.45, 2.75) is 50.0 Å². The highest BCUT2D eigenvalue weighted by molar-refractivity contribution is 8.01. The molecule has 1 aliphatic carbocycles. The fourth-order valence-electron chi connectivity index (χ4n) is 2.81. The van der Waals surface area contributed by atoms with Gasteiger partial charge in [-0.1, -0.05) is 30.5 Å². The fraction of sp³-hybridized carbons (Fsp3) is 0.556. The molecular weight excluding hydrogens is 308 g/mol. The maximum absolute atomic E-state index is 12.4. The predicted octanol–water partition coefficient (Wildman–Crippen LogP) is 3.46. The maximum atomic E-state index is 12.4. The number of nitrogens with one attached hydrogen (secondary N) is 1. The van der Waals surface area contributed by atoms with Crippen LogP contribution in [-0.2, 0) is 9.59 Å². The number of thioether (sulfide) groups is 1. The third-order valence-corrected chi connectivity index (χ3v) is 5.61. The minimum absolute atomic E-state index is 0.0287. The van der Waals surface area contributed by atoms with E-state index in [9.17, 15) is 9.59 Å². The molecule has 1 aliphatic rings. The van der Waals surface area contributed by atoms with Gasteiger partial charge >= 0.3 is 0 Å². The lowest BCUT2D eigenvalue weighted by atomic mass is 10.2. The lowest BCUT2D eigenvalue weighted by Crippen LogP contribution is -2.39. The molecule has 0 radical (unpaired) electrons. The van der Waals surface area contributed by atoms with Crippen LogP contribution < -0.4 is 5.32 Å². The van der Waals surface area contributed by atoms with Gasteiger partial charge in [-0.2, -0.15) is 0 Å². The number of benzene rings is 1. The number of carbonyl (C=O) groups excluding carboxylic acids is 2. The lowest BCUT2D eigenvalue weighted by Gasteiger charge is -2.22. The monoisotopic (exact) mass is 334 g/mol. The summed E-state index contributed by atoms with van der Waals surface area (Å²) in [6, 6.07) is 7.64.